The van der Waals surface area contributed by atoms with Crippen LogP contribution in [0.25, 0.3) is 0 Å². The molecule has 0 aromatic heterocycles. The first kappa shape index (κ1) is 15.4. The number of nitrogens with zero attached hydrogens (tertiary/aromatic N) is 1. The summed E-state index contributed by atoms with van der Waals surface area (Å²) in [6.07, 6.45) is 2.17. The Hall–Kier alpha value is -0.650. The summed E-state index contributed by atoms with van der Waals surface area (Å²) in [6, 6.07) is 0. The lowest BCUT2D eigenvalue weighted by atomic mass is 9.98. The number of carbonyl (C=O) groups excluding carboxylic acids is 1. The fraction of sp³-hybridized carbons (Fsp3) is 0.923. The number of nitrogens with one attached hydrogen (secondary N) is 1. The highest BCUT2D eigenvalue weighted by Gasteiger charge is 2.34. The Bertz CT molecular complexity index is 273. The number of ether oxygens (including phenoxy) is 2. The molecule has 1 aliphatic heterocycles. The van der Waals surface area contributed by atoms with Crippen LogP contribution in [0.2, 0.25) is 0 Å². The molecule has 1 saturated heterocycles. The van der Waals surface area contributed by atoms with Crippen molar-refractivity contribution in [3.8, 4) is 0 Å². The third-order valence-corrected chi connectivity index (χ3v) is 3.77. The molecule has 5 nitrogen and oxygen atoms in total. The second kappa shape index (κ2) is 7.07. The van der Waals surface area contributed by atoms with Gasteiger partial charge in [0.05, 0.1) is 12.7 Å². The number of rotatable bonds is 7. The average molecular weight is 258 g/mol. The minimum absolute atomic E-state index is 0.171. The van der Waals surface area contributed by atoms with Crippen LogP contribution in [0, 0.1) is 0 Å². The summed E-state index contributed by atoms with van der Waals surface area (Å²) in [7, 11) is 3.56. The maximum absolute atomic E-state index is 11.9. The molecule has 0 radical (unpaired) electrons. The molecule has 1 rings (SSSR count). The van der Waals surface area contributed by atoms with Gasteiger partial charge < -0.3 is 19.7 Å². The van der Waals surface area contributed by atoms with Gasteiger partial charge in [0.15, 0.2) is 0 Å². The quantitative estimate of drug-likeness (QED) is 0.679. The van der Waals surface area contributed by atoms with Gasteiger partial charge in [-0.15, -0.1) is 0 Å². The number of carbonyl (C=O) groups is 1. The predicted molar refractivity (Wildman–Crippen MR) is 70.6 cm³/mol. The number of esters is 1. The van der Waals surface area contributed by atoms with E-state index in [-0.39, 0.29) is 5.97 Å². The molecule has 106 valence electrons. The Kier molecular flexibility index (Phi) is 6.05. The largest absolute Gasteiger partial charge is 0.465 e. The first-order valence-corrected chi connectivity index (χ1v) is 6.67. The lowest BCUT2D eigenvalue weighted by Crippen LogP contribution is -2.50. The molecule has 2 unspecified atom stereocenters. The zero-order valence-electron chi connectivity index (χ0n) is 12.0. The van der Waals surface area contributed by atoms with E-state index < -0.39 is 5.54 Å². The number of hydrogen-bond donors (Lipinski definition) is 1. The van der Waals surface area contributed by atoms with Crippen molar-refractivity contribution in [3.05, 3.63) is 0 Å². The highest BCUT2D eigenvalue weighted by molar-refractivity contribution is 5.80. The van der Waals surface area contributed by atoms with E-state index in [1.807, 2.05) is 13.8 Å². The first-order chi connectivity index (χ1) is 8.55. The molecule has 0 aliphatic carbocycles. The normalized spacial score (nSPS) is 23.9. The number of hydrogen-bond acceptors (Lipinski definition) is 5. The van der Waals surface area contributed by atoms with E-state index in [9.17, 15) is 4.79 Å². The molecule has 0 amide bonds. The van der Waals surface area contributed by atoms with Crippen LogP contribution in [0.3, 0.4) is 0 Å². The van der Waals surface area contributed by atoms with Crippen molar-refractivity contribution in [1.82, 2.24) is 10.2 Å². The lowest BCUT2D eigenvalue weighted by Gasteiger charge is -2.28. The van der Waals surface area contributed by atoms with Crippen LogP contribution in [0.4, 0.5) is 0 Å². The van der Waals surface area contributed by atoms with Gasteiger partial charge in [0.1, 0.15) is 5.54 Å². The van der Waals surface area contributed by atoms with Crippen molar-refractivity contribution in [3.63, 3.8) is 0 Å². The summed E-state index contributed by atoms with van der Waals surface area (Å²) in [5.41, 5.74) is -0.596. The molecule has 1 aliphatic rings. The number of likely N-dealkylation sites (tertiary alicyclic amines) is 1. The van der Waals surface area contributed by atoms with Gasteiger partial charge in [0, 0.05) is 26.7 Å². The van der Waals surface area contributed by atoms with Crippen LogP contribution in [0.5, 0.6) is 0 Å². The van der Waals surface area contributed by atoms with E-state index in [0.29, 0.717) is 12.7 Å². The molecule has 1 fully saturated rings. The Morgan fingerprint density at radius 2 is 2.28 bits per heavy atom. The van der Waals surface area contributed by atoms with E-state index in [1.54, 1.807) is 14.2 Å². The molecule has 0 aromatic rings. The van der Waals surface area contributed by atoms with Gasteiger partial charge in [-0.1, -0.05) is 0 Å². The number of methoxy groups -OCH3 is 1. The fourth-order valence-corrected chi connectivity index (χ4v) is 2.19. The minimum Gasteiger partial charge on any atom is -0.465 e. The highest BCUT2D eigenvalue weighted by Crippen LogP contribution is 2.17. The molecule has 1 heterocycles. The Morgan fingerprint density at radius 3 is 2.78 bits per heavy atom. The van der Waals surface area contributed by atoms with Crippen molar-refractivity contribution in [2.75, 3.05) is 40.4 Å². The molecule has 5 heteroatoms. The molecule has 2 atom stereocenters. The van der Waals surface area contributed by atoms with Crippen LogP contribution in [-0.4, -0.2) is 62.9 Å². The molecule has 0 saturated carbocycles. The van der Waals surface area contributed by atoms with E-state index in [2.05, 4.69) is 10.2 Å². The summed E-state index contributed by atoms with van der Waals surface area (Å²) >= 11 is 0. The van der Waals surface area contributed by atoms with E-state index in [1.165, 1.54) is 0 Å². The van der Waals surface area contributed by atoms with Crippen LogP contribution in [0.15, 0.2) is 0 Å². The van der Waals surface area contributed by atoms with E-state index in [0.717, 1.165) is 32.5 Å². The van der Waals surface area contributed by atoms with Crippen LogP contribution < -0.4 is 5.32 Å². The molecule has 0 bridgehead atoms. The van der Waals surface area contributed by atoms with Crippen molar-refractivity contribution in [2.24, 2.45) is 0 Å². The van der Waals surface area contributed by atoms with Gasteiger partial charge in [-0.3, -0.25) is 4.79 Å². The van der Waals surface area contributed by atoms with Crippen LogP contribution >= 0.6 is 0 Å². The smallest absolute Gasteiger partial charge is 0.326 e. The molecular formula is C13H26N2O3. The topological polar surface area (TPSA) is 50.8 Å². The van der Waals surface area contributed by atoms with Gasteiger partial charge in [0.25, 0.3) is 0 Å². The summed E-state index contributed by atoms with van der Waals surface area (Å²) in [5, 5.41) is 3.08. The third kappa shape index (κ3) is 3.93. The fourth-order valence-electron chi connectivity index (χ4n) is 2.19. The Morgan fingerprint density at radius 1 is 1.56 bits per heavy atom. The Labute approximate surface area is 110 Å². The van der Waals surface area contributed by atoms with Gasteiger partial charge in [-0.2, -0.15) is 0 Å². The average Bonchev–Trinajstić information content (AvgIpc) is 2.84. The maximum atomic E-state index is 11.9. The zero-order chi connectivity index (χ0) is 13.6. The van der Waals surface area contributed by atoms with Crippen molar-refractivity contribution >= 4 is 5.97 Å². The second-order valence-electron chi connectivity index (χ2n) is 5.00. The van der Waals surface area contributed by atoms with Crippen LogP contribution in [-0.2, 0) is 14.3 Å². The molecular weight excluding hydrogens is 232 g/mol. The molecule has 0 aromatic carbocycles. The number of likely N-dealkylation sites (N-methyl/N-ethyl adjacent to an activating group) is 1. The second-order valence-corrected chi connectivity index (χ2v) is 5.00. The first-order valence-electron chi connectivity index (χ1n) is 6.67. The summed E-state index contributed by atoms with van der Waals surface area (Å²) in [5.74, 6) is -0.171. The van der Waals surface area contributed by atoms with Crippen LogP contribution in [0.1, 0.15) is 26.7 Å². The van der Waals surface area contributed by atoms with Crippen molar-refractivity contribution in [1.29, 1.82) is 0 Å². The van der Waals surface area contributed by atoms with Gasteiger partial charge >= 0.3 is 5.97 Å². The summed E-state index contributed by atoms with van der Waals surface area (Å²) in [6.45, 7) is 7.04. The van der Waals surface area contributed by atoms with Gasteiger partial charge in [-0.05, 0) is 33.7 Å². The highest BCUT2D eigenvalue weighted by atomic mass is 16.5. The van der Waals surface area contributed by atoms with Crippen molar-refractivity contribution in [2.45, 2.75) is 38.3 Å². The third-order valence-electron chi connectivity index (χ3n) is 3.77. The lowest BCUT2D eigenvalue weighted by molar-refractivity contribution is -0.150. The Balaban J connectivity index is 2.42. The van der Waals surface area contributed by atoms with E-state index >= 15 is 0 Å². The van der Waals surface area contributed by atoms with Gasteiger partial charge in [0.2, 0.25) is 0 Å². The van der Waals surface area contributed by atoms with Crippen molar-refractivity contribution < 1.29 is 14.3 Å². The summed E-state index contributed by atoms with van der Waals surface area (Å²) in [4.78, 5) is 14.2. The molecule has 18 heavy (non-hydrogen) atoms. The molecule has 0 spiro atoms. The predicted octanol–water partition coefficient (Wildman–Crippen LogP) is 0.638. The van der Waals surface area contributed by atoms with E-state index in [4.69, 9.17) is 9.47 Å². The standard InChI is InChI=1S/C13H26N2O3/c1-5-18-12(16)13(2,14-3)7-9-15-8-6-11(10-15)17-4/h11,14H,5-10H2,1-4H3. The minimum atomic E-state index is -0.596. The maximum Gasteiger partial charge on any atom is 0.326 e. The SMILES string of the molecule is CCOC(=O)C(C)(CCN1CCC(OC)C1)NC. The monoisotopic (exact) mass is 258 g/mol. The van der Waals surface area contributed by atoms with Gasteiger partial charge in [-0.25, -0.2) is 0 Å². The molecule has 1 N–H and O–H groups in total. The zero-order valence-corrected chi connectivity index (χ0v) is 12.0. The summed E-state index contributed by atoms with van der Waals surface area (Å²) < 4.78 is 10.4.